The molecule has 3 rings (SSSR count). The standard InChI is InChI=1S/C21H36N6O/c1-3-9-22-19-16-20(24-17-23-19)26-10-7-18(8-11-26)5-6-21(28)27-14-12-25(4-2)13-15-27/h16-18H,3-15H2,1-2H3,(H,22,23,24). The number of piperazine rings is 1. The van der Waals surface area contributed by atoms with E-state index in [1.54, 1.807) is 6.33 Å². The number of hydrogen-bond acceptors (Lipinski definition) is 6. The summed E-state index contributed by atoms with van der Waals surface area (Å²) in [4.78, 5) is 28.1. The number of carbonyl (C=O) groups is 1. The van der Waals surface area contributed by atoms with Gasteiger partial charge in [-0.25, -0.2) is 9.97 Å². The Morgan fingerprint density at radius 3 is 2.54 bits per heavy atom. The van der Waals surface area contributed by atoms with Crippen LogP contribution in [-0.2, 0) is 4.79 Å². The van der Waals surface area contributed by atoms with E-state index in [1.807, 2.05) is 0 Å². The summed E-state index contributed by atoms with van der Waals surface area (Å²) in [6.07, 6.45) is 6.73. The van der Waals surface area contributed by atoms with E-state index in [-0.39, 0.29) is 0 Å². The van der Waals surface area contributed by atoms with Crippen LogP contribution in [0.3, 0.4) is 0 Å². The van der Waals surface area contributed by atoms with Crippen LogP contribution in [0.1, 0.15) is 46.0 Å². The van der Waals surface area contributed by atoms with Gasteiger partial charge in [-0.1, -0.05) is 13.8 Å². The molecule has 1 amide bonds. The van der Waals surface area contributed by atoms with Crippen molar-refractivity contribution >= 4 is 17.5 Å². The van der Waals surface area contributed by atoms with Crippen molar-refractivity contribution in [3.8, 4) is 0 Å². The Labute approximate surface area is 169 Å². The van der Waals surface area contributed by atoms with Gasteiger partial charge >= 0.3 is 0 Å². The minimum Gasteiger partial charge on any atom is -0.370 e. The molecule has 2 saturated heterocycles. The van der Waals surface area contributed by atoms with E-state index in [2.05, 4.69) is 49.9 Å². The van der Waals surface area contributed by atoms with Gasteiger partial charge < -0.3 is 20.0 Å². The van der Waals surface area contributed by atoms with Crippen molar-refractivity contribution in [1.29, 1.82) is 0 Å². The first-order valence-electron chi connectivity index (χ1n) is 11.0. The summed E-state index contributed by atoms with van der Waals surface area (Å²) in [5.41, 5.74) is 0. The SMILES string of the molecule is CCCNc1cc(N2CCC(CCC(=O)N3CCN(CC)CC3)CC2)ncn1. The van der Waals surface area contributed by atoms with Crippen LogP contribution < -0.4 is 10.2 Å². The summed E-state index contributed by atoms with van der Waals surface area (Å²) in [7, 11) is 0. The summed E-state index contributed by atoms with van der Waals surface area (Å²) in [5.74, 6) is 2.91. The Hall–Kier alpha value is -1.89. The van der Waals surface area contributed by atoms with Crippen LogP contribution in [0, 0.1) is 5.92 Å². The van der Waals surface area contributed by atoms with E-state index in [0.29, 0.717) is 18.2 Å². The van der Waals surface area contributed by atoms with Gasteiger partial charge in [-0.2, -0.15) is 0 Å². The van der Waals surface area contributed by atoms with Gasteiger partial charge in [-0.3, -0.25) is 4.79 Å². The maximum Gasteiger partial charge on any atom is 0.222 e. The summed E-state index contributed by atoms with van der Waals surface area (Å²) in [6, 6.07) is 2.05. The van der Waals surface area contributed by atoms with E-state index >= 15 is 0 Å². The third-order valence-electron chi connectivity index (χ3n) is 6.09. The second-order valence-electron chi connectivity index (χ2n) is 7.97. The van der Waals surface area contributed by atoms with Gasteiger partial charge in [-0.05, 0) is 38.1 Å². The van der Waals surface area contributed by atoms with Crippen molar-refractivity contribution in [2.75, 3.05) is 62.6 Å². The molecule has 0 spiro atoms. The first-order valence-corrected chi connectivity index (χ1v) is 11.0. The molecular formula is C21H36N6O. The third kappa shape index (κ3) is 5.80. The maximum absolute atomic E-state index is 12.5. The molecule has 0 atom stereocenters. The molecule has 0 aliphatic carbocycles. The van der Waals surface area contributed by atoms with E-state index in [9.17, 15) is 4.79 Å². The first-order chi connectivity index (χ1) is 13.7. The normalized spacial score (nSPS) is 19.1. The van der Waals surface area contributed by atoms with E-state index in [4.69, 9.17) is 0 Å². The third-order valence-corrected chi connectivity index (χ3v) is 6.09. The zero-order valence-electron chi connectivity index (χ0n) is 17.6. The van der Waals surface area contributed by atoms with Crippen molar-refractivity contribution in [3.05, 3.63) is 12.4 Å². The smallest absolute Gasteiger partial charge is 0.222 e. The van der Waals surface area contributed by atoms with Crippen molar-refractivity contribution in [1.82, 2.24) is 19.8 Å². The van der Waals surface area contributed by atoms with E-state index in [0.717, 1.165) is 89.7 Å². The molecule has 7 nitrogen and oxygen atoms in total. The lowest BCUT2D eigenvalue weighted by Crippen LogP contribution is -2.48. The van der Waals surface area contributed by atoms with Crippen molar-refractivity contribution < 1.29 is 4.79 Å². The fourth-order valence-electron chi connectivity index (χ4n) is 4.12. The highest BCUT2D eigenvalue weighted by molar-refractivity contribution is 5.76. The van der Waals surface area contributed by atoms with Gasteiger partial charge in [-0.15, -0.1) is 0 Å². The topological polar surface area (TPSA) is 64.6 Å². The minimum atomic E-state index is 0.348. The molecule has 1 aromatic rings. The first kappa shape index (κ1) is 20.8. The summed E-state index contributed by atoms with van der Waals surface area (Å²) >= 11 is 0. The number of anilines is 2. The van der Waals surface area contributed by atoms with Gasteiger partial charge in [0.15, 0.2) is 0 Å². The number of aromatic nitrogens is 2. The van der Waals surface area contributed by atoms with Crippen molar-refractivity contribution in [2.45, 2.75) is 46.0 Å². The number of hydrogen-bond donors (Lipinski definition) is 1. The number of piperidine rings is 1. The highest BCUT2D eigenvalue weighted by atomic mass is 16.2. The molecule has 7 heteroatoms. The van der Waals surface area contributed by atoms with Gasteiger partial charge in [0.05, 0.1) is 0 Å². The summed E-state index contributed by atoms with van der Waals surface area (Å²) in [6.45, 7) is 12.2. The van der Waals surface area contributed by atoms with Crippen LogP contribution in [0.5, 0.6) is 0 Å². The fraction of sp³-hybridized carbons (Fsp3) is 0.762. The van der Waals surface area contributed by atoms with E-state index in [1.165, 1.54) is 0 Å². The zero-order chi connectivity index (χ0) is 19.8. The molecule has 28 heavy (non-hydrogen) atoms. The number of amides is 1. The van der Waals surface area contributed by atoms with Crippen molar-refractivity contribution in [3.63, 3.8) is 0 Å². The number of likely N-dealkylation sites (N-methyl/N-ethyl adjacent to an activating group) is 1. The van der Waals surface area contributed by atoms with Gasteiger partial charge in [0.1, 0.15) is 18.0 Å². The zero-order valence-corrected chi connectivity index (χ0v) is 17.6. The molecule has 0 bridgehead atoms. The summed E-state index contributed by atoms with van der Waals surface area (Å²) in [5, 5.41) is 3.33. The maximum atomic E-state index is 12.5. The molecule has 1 N–H and O–H groups in total. The Balaban J connectivity index is 1.39. The highest BCUT2D eigenvalue weighted by Gasteiger charge is 2.24. The lowest BCUT2D eigenvalue weighted by Gasteiger charge is -2.35. The molecule has 0 aromatic carbocycles. The molecule has 1 aromatic heterocycles. The fourth-order valence-corrected chi connectivity index (χ4v) is 4.12. The number of nitrogens with zero attached hydrogens (tertiary/aromatic N) is 5. The van der Waals surface area contributed by atoms with Crippen LogP contribution >= 0.6 is 0 Å². The molecule has 156 valence electrons. The lowest BCUT2D eigenvalue weighted by molar-refractivity contribution is -0.133. The largest absolute Gasteiger partial charge is 0.370 e. The predicted octanol–water partition coefficient (Wildman–Crippen LogP) is 2.46. The second kappa shape index (κ2) is 10.6. The monoisotopic (exact) mass is 388 g/mol. The molecule has 3 heterocycles. The Kier molecular flexibility index (Phi) is 7.89. The average molecular weight is 389 g/mol. The molecule has 0 saturated carbocycles. The van der Waals surface area contributed by atoms with Gasteiger partial charge in [0, 0.05) is 58.3 Å². The molecule has 0 unspecified atom stereocenters. The molecule has 2 aliphatic heterocycles. The van der Waals surface area contributed by atoms with Crippen LogP contribution in [0.25, 0.3) is 0 Å². The van der Waals surface area contributed by atoms with Crippen LogP contribution in [-0.4, -0.2) is 78.0 Å². The number of nitrogens with one attached hydrogen (secondary N) is 1. The summed E-state index contributed by atoms with van der Waals surface area (Å²) < 4.78 is 0. The van der Waals surface area contributed by atoms with Gasteiger partial charge in [0.25, 0.3) is 0 Å². The van der Waals surface area contributed by atoms with Crippen LogP contribution in [0.15, 0.2) is 12.4 Å². The highest BCUT2D eigenvalue weighted by Crippen LogP contribution is 2.26. The van der Waals surface area contributed by atoms with Crippen LogP contribution in [0.2, 0.25) is 0 Å². The van der Waals surface area contributed by atoms with Gasteiger partial charge in [0.2, 0.25) is 5.91 Å². The van der Waals surface area contributed by atoms with Crippen LogP contribution in [0.4, 0.5) is 11.6 Å². The van der Waals surface area contributed by atoms with Crippen molar-refractivity contribution in [2.24, 2.45) is 5.92 Å². The second-order valence-corrected chi connectivity index (χ2v) is 7.97. The molecule has 0 radical (unpaired) electrons. The number of carbonyl (C=O) groups excluding carboxylic acids is 1. The molecule has 2 aliphatic rings. The Bertz CT molecular complexity index is 609. The minimum absolute atomic E-state index is 0.348. The van der Waals surface area contributed by atoms with E-state index < -0.39 is 0 Å². The number of rotatable bonds is 8. The Morgan fingerprint density at radius 2 is 1.86 bits per heavy atom. The predicted molar refractivity (Wildman–Crippen MR) is 114 cm³/mol. The lowest BCUT2D eigenvalue weighted by atomic mass is 9.92. The molecular weight excluding hydrogens is 352 g/mol. The molecule has 2 fully saturated rings. The Morgan fingerprint density at radius 1 is 1.11 bits per heavy atom. The quantitative estimate of drug-likeness (QED) is 0.738. The average Bonchev–Trinajstić information content (AvgIpc) is 2.76.